The number of aromatic nitrogens is 3. The largest absolute Gasteiger partial charge is 0.296 e. The highest BCUT2D eigenvalue weighted by molar-refractivity contribution is 5.74. The second kappa shape index (κ2) is 3.15. The highest BCUT2D eigenvalue weighted by atomic mass is 16.1. The summed E-state index contributed by atoms with van der Waals surface area (Å²) < 4.78 is 1.58. The summed E-state index contributed by atoms with van der Waals surface area (Å²) in [6.07, 6.45) is 0.786. The number of aldehydes is 1. The molecule has 78 valence electrons. The lowest BCUT2D eigenvalue weighted by Gasteiger charge is -2.14. The summed E-state index contributed by atoms with van der Waals surface area (Å²) >= 11 is 0. The Balaban J connectivity index is 2.77. The quantitative estimate of drug-likeness (QED) is 0.664. The van der Waals surface area contributed by atoms with E-state index in [0.29, 0.717) is 5.69 Å². The van der Waals surface area contributed by atoms with Crippen LogP contribution in [-0.2, 0) is 5.41 Å². The average Bonchev–Trinajstić information content (AvgIpc) is 2.59. The van der Waals surface area contributed by atoms with Crippen LogP contribution in [-0.4, -0.2) is 21.1 Å². The highest BCUT2D eigenvalue weighted by Crippen LogP contribution is 2.24. The van der Waals surface area contributed by atoms with Gasteiger partial charge in [-0.05, 0) is 12.1 Å². The van der Waals surface area contributed by atoms with Crippen LogP contribution in [0.5, 0.6) is 0 Å². The SMILES string of the molecule is CC(C)(C)c1nnn2c(C=O)cccc12. The second-order valence-corrected chi connectivity index (χ2v) is 4.55. The fourth-order valence-corrected chi connectivity index (χ4v) is 1.56. The van der Waals surface area contributed by atoms with Gasteiger partial charge in [0.25, 0.3) is 0 Å². The van der Waals surface area contributed by atoms with Gasteiger partial charge in [-0.3, -0.25) is 4.79 Å². The van der Waals surface area contributed by atoms with Gasteiger partial charge in [-0.25, -0.2) is 4.52 Å². The summed E-state index contributed by atoms with van der Waals surface area (Å²) in [5, 5.41) is 8.12. The molecule has 2 heterocycles. The highest BCUT2D eigenvalue weighted by Gasteiger charge is 2.21. The van der Waals surface area contributed by atoms with Crippen LogP contribution in [0.25, 0.3) is 5.52 Å². The molecule has 0 spiro atoms. The zero-order chi connectivity index (χ0) is 11.1. The molecule has 0 saturated carbocycles. The van der Waals surface area contributed by atoms with Crippen LogP contribution < -0.4 is 0 Å². The van der Waals surface area contributed by atoms with Gasteiger partial charge in [0.05, 0.1) is 11.2 Å². The minimum atomic E-state index is -0.0662. The molecular formula is C11H13N3O. The Kier molecular flexibility index (Phi) is 2.07. The number of rotatable bonds is 1. The average molecular weight is 203 g/mol. The molecule has 0 amide bonds. The van der Waals surface area contributed by atoms with Crippen molar-refractivity contribution in [3.05, 3.63) is 29.6 Å². The Labute approximate surface area is 87.9 Å². The van der Waals surface area contributed by atoms with E-state index in [-0.39, 0.29) is 5.41 Å². The normalized spacial score (nSPS) is 11.9. The Morgan fingerprint density at radius 1 is 1.33 bits per heavy atom. The molecule has 0 fully saturated rings. The molecule has 4 heteroatoms. The maximum atomic E-state index is 10.8. The molecule has 0 aliphatic rings. The lowest BCUT2D eigenvalue weighted by Crippen LogP contribution is -2.12. The summed E-state index contributed by atoms with van der Waals surface area (Å²) in [6, 6.07) is 5.49. The third kappa shape index (κ3) is 1.52. The maximum Gasteiger partial charge on any atom is 0.168 e. The predicted molar refractivity (Wildman–Crippen MR) is 57.1 cm³/mol. The molecule has 0 atom stereocenters. The van der Waals surface area contributed by atoms with Gasteiger partial charge in [-0.2, -0.15) is 0 Å². The van der Waals surface area contributed by atoms with Gasteiger partial charge >= 0.3 is 0 Å². The van der Waals surface area contributed by atoms with Crippen molar-refractivity contribution in [3.63, 3.8) is 0 Å². The first kappa shape index (κ1) is 9.83. The summed E-state index contributed by atoms with van der Waals surface area (Å²) in [4.78, 5) is 10.8. The van der Waals surface area contributed by atoms with E-state index in [2.05, 4.69) is 31.1 Å². The summed E-state index contributed by atoms with van der Waals surface area (Å²) in [6.45, 7) is 6.22. The van der Waals surface area contributed by atoms with E-state index in [1.807, 2.05) is 12.1 Å². The molecule has 0 N–H and O–H groups in total. The van der Waals surface area contributed by atoms with E-state index in [9.17, 15) is 4.79 Å². The number of hydrogen-bond acceptors (Lipinski definition) is 3. The van der Waals surface area contributed by atoms with Gasteiger partial charge in [0.1, 0.15) is 5.69 Å². The number of hydrogen-bond donors (Lipinski definition) is 0. The fourth-order valence-electron chi connectivity index (χ4n) is 1.56. The minimum absolute atomic E-state index is 0.0662. The molecule has 0 aromatic carbocycles. The Hall–Kier alpha value is -1.71. The summed E-state index contributed by atoms with van der Waals surface area (Å²) in [7, 11) is 0. The van der Waals surface area contributed by atoms with Crippen molar-refractivity contribution in [2.45, 2.75) is 26.2 Å². The van der Waals surface area contributed by atoms with E-state index < -0.39 is 0 Å². The lowest BCUT2D eigenvalue weighted by atomic mass is 9.91. The van der Waals surface area contributed by atoms with Crippen molar-refractivity contribution >= 4 is 11.8 Å². The molecular weight excluding hydrogens is 190 g/mol. The van der Waals surface area contributed by atoms with Crippen LogP contribution in [0, 0.1) is 0 Å². The molecule has 0 radical (unpaired) electrons. The van der Waals surface area contributed by atoms with E-state index in [1.54, 1.807) is 10.6 Å². The number of carbonyl (C=O) groups is 1. The Morgan fingerprint density at radius 3 is 2.67 bits per heavy atom. The fraction of sp³-hybridized carbons (Fsp3) is 0.364. The van der Waals surface area contributed by atoms with Crippen LogP contribution in [0.2, 0.25) is 0 Å². The van der Waals surface area contributed by atoms with Crippen LogP contribution in [0.3, 0.4) is 0 Å². The van der Waals surface area contributed by atoms with Crippen molar-refractivity contribution < 1.29 is 4.79 Å². The first-order valence-electron chi connectivity index (χ1n) is 4.84. The maximum absolute atomic E-state index is 10.8. The Morgan fingerprint density at radius 2 is 2.07 bits per heavy atom. The van der Waals surface area contributed by atoms with Gasteiger partial charge in [-0.1, -0.05) is 32.1 Å². The predicted octanol–water partition coefficient (Wildman–Crippen LogP) is 1.84. The van der Waals surface area contributed by atoms with Crippen LogP contribution >= 0.6 is 0 Å². The van der Waals surface area contributed by atoms with Crippen molar-refractivity contribution in [1.82, 2.24) is 14.8 Å². The van der Waals surface area contributed by atoms with Gasteiger partial charge < -0.3 is 0 Å². The molecule has 2 aromatic heterocycles. The summed E-state index contributed by atoms with van der Waals surface area (Å²) in [5.41, 5.74) is 2.26. The standard InChI is InChI=1S/C11H13N3O/c1-11(2,3)10-9-6-4-5-8(7-15)14(9)13-12-10/h4-7H,1-3H3. The third-order valence-corrected chi connectivity index (χ3v) is 2.30. The van der Waals surface area contributed by atoms with Gasteiger partial charge in [0.15, 0.2) is 6.29 Å². The molecule has 15 heavy (non-hydrogen) atoms. The van der Waals surface area contributed by atoms with Crippen molar-refractivity contribution in [2.75, 3.05) is 0 Å². The number of carbonyl (C=O) groups excluding carboxylic acids is 1. The third-order valence-electron chi connectivity index (χ3n) is 2.30. The number of fused-ring (bicyclic) bond motifs is 1. The van der Waals surface area contributed by atoms with E-state index >= 15 is 0 Å². The van der Waals surface area contributed by atoms with Gasteiger partial charge in [0.2, 0.25) is 0 Å². The molecule has 0 aliphatic heterocycles. The second-order valence-electron chi connectivity index (χ2n) is 4.55. The first-order valence-corrected chi connectivity index (χ1v) is 4.84. The zero-order valence-electron chi connectivity index (χ0n) is 9.06. The van der Waals surface area contributed by atoms with E-state index in [0.717, 1.165) is 17.5 Å². The number of nitrogens with zero attached hydrogens (tertiary/aromatic N) is 3. The molecule has 0 unspecified atom stereocenters. The van der Waals surface area contributed by atoms with Gasteiger partial charge in [-0.15, -0.1) is 5.10 Å². The minimum Gasteiger partial charge on any atom is -0.296 e. The van der Waals surface area contributed by atoms with Crippen LogP contribution in [0.1, 0.15) is 37.0 Å². The lowest BCUT2D eigenvalue weighted by molar-refractivity contribution is 0.111. The van der Waals surface area contributed by atoms with Crippen LogP contribution in [0.15, 0.2) is 18.2 Å². The first-order chi connectivity index (χ1) is 7.04. The van der Waals surface area contributed by atoms with Crippen molar-refractivity contribution in [2.24, 2.45) is 0 Å². The topological polar surface area (TPSA) is 47.3 Å². The monoisotopic (exact) mass is 203 g/mol. The van der Waals surface area contributed by atoms with Gasteiger partial charge in [0, 0.05) is 5.41 Å². The molecule has 4 nitrogen and oxygen atoms in total. The van der Waals surface area contributed by atoms with E-state index in [1.165, 1.54) is 0 Å². The molecule has 2 aromatic rings. The summed E-state index contributed by atoms with van der Waals surface area (Å²) in [5.74, 6) is 0. The van der Waals surface area contributed by atoms with E-state index in [4.69, 9.17) is 0 Å². The molecule has 0 bridgehead atoms. The Bertz CT molecular complexity index is 508. The smallest absolute Gasteiger partial charge is 0.168 e. The molecule has 0 saturated heterocycles. The van der Waals surface area contributed by atoms with Crippen molar-refractivity contribution in [1.29, 1.82) is 0 Å². The molecule has 2 rings (SSSR count). The molecule has 0 aliphatic carbocycles. The number of pyridine rings is 1. The van der Waals surface area contributed by atoms with Crippen LogP contribution in [0.4, 0.5) is 0 Å². The zero-order valence-corrected chi connectivity index (χ0v) is 9.06. The van der Waals surface area contributed by atoms with Crippen molar-refractivity contribution in [3.8, 4) is 0 Å².